The monoisotopic (exact) mass is 436 g/mol. The molecule has 3 amide bonds. The second-order valence-electron chi connectivity index (χ2n) is 7.46. The van der Waals surface area contributed by atoms with Gasteiger partial charge in [-0.2, -0.15) is 8.42 Å². The number of carbonyl (C=O) groups is 3. The molecule has 2 aliphatic rings. The molecule has 162 valence electrons. The van der Waals surface area contributed by atoms with Crippen LogP contribution < -0.4 is 10.6 Å². The number of amides is 3. The molecule has 0 aliphatic carbocycles. The van der Waals surface area contributed by atoms with Crippen molar-refractivity contribution in [2.24, 2.45) is 10.3 Å². The SMILES string of the molecule is CC(C)NC(=O)NC(=O)COC(=O)[C@H]1CCCN(C2=NS(=O)(=O)c3ccccc32)C1. The standard InChI is InChI=1S/C19H24N4O6S/c1-12(2)20-19(26)21-16(24)11-29-18(25)13-6-5-9-23(10-13)17-14-7-3-4-8-15(14)30(27,28)22-17/h3-4,7-8,12-13H,5-6,9-11H2,1-2H3,(H2,20,21,24,26)/t13-/m0/s1. The van der Waals surface area contributed by atoms with E-state index in [0.717, 1.165) is 0 Å². The van der Waals surface area contributed by atoms with Gasteiger partial charge in [0.2, 0.25) is 0 Å². The second kappa shape index (κ2) is 8.82. The predicted octanol–water partition coefficient (Wildman–Crippen LogP) is 0.625. The maximum atomic E-state index is 12.4. The third-order valence-electron chi connectivity index (χ3n) is 4.69. The normalized spacial score (nSPS) is 19.6. The van der Waals surface area contributed by atoms with Gasteiger partial charge in [-0.1, -0.05) is 12.1 Å². The van der Waals surface area contributed by atoms with E-state index < -0.39 is 40.5 Å². The van der Waals surface area contributed by atoms with Gasteiger partial charge in [-0.15, -0.1) is 4.40 Å². The number of sulfonamides is 1. The average molecular weight is 436 g/mol. The van der Waals surface area contributed by atoms with Gasteiger partial charge in [-0.25, -0.2) is 4.79 Å². The Kier molecular flexibility index (Phi) is 6.40. The Balaban J connectivity index is 1.58. The fourth-order valence-corrected chi connectivity index (χ4v) is 4.62. The van der Waals surface area contributed by atoms with Crippen LogP contribution in [0.2, 0.25) is 0 Å². The van der Waals surface area contributed by atoms with Gasteiger partial charge >= 0.3 is 12.0 Å². The van der Waals surface area contributed by atoms with Gasteiger partial charge in [0, 0.05) is 24.7 Å². The number of likely N-dealkylation sites (tertiary alicyclic amines) is 1. The summed E-state index contributed by atoms with van der Waals surface area (Å²) in [6.07, 6.45) is 1.19. The second-order valence-corrected chi connectivity index (χ2v) is 9.03. The Labute approximate surface area is 174 Å². The minimum absolute atomic E-state index is 0.138. The van der Waals surface area contributed by atoms with Crippen LogP contribution >= 0.6 is 0 Å². The van der Waals surface area contributed by atoms with E-state index in [-0.39, 0.29) is 17.5 Å². The van der Waals surface area contributed by atoms with Gasteiger partial charge in [-0.3, -0.25) is 14.9 Å². The van der Waals surface area contributed by atoms with E-state index >= 15 is 0 Å². The van der Waals surface area contributed by atoms with E-state index in [2.05, 4.69) is 15.0 Å². The molecule has 2 aliphatic heterocycles. The number of urea groups is 1. The van der Waals surface area contributed by atoms with Crippen LogP contribution in [0.25, 0.3) is 0 Å². The van der Waals surface area contributed by atoms with E-state index in [9.17, 15) is 22.8 Å². The molecule has 1 fully saturated rings. The van der Waals surface area contributed by atoms with E-state index in [0.29, 0.717) is 30.8 Å². The van der Waals surface area contributed by atoms with E-state index in [4.69, 9.17) is 4.74 Å². The Bertz CT molecular complexity index is 988. The number of carbonyl (C=O) groups excluding carboxylic acids is 3. The van der Waals surface area contributed by atoms with Crippen molar-refractivity contribution in [3.05, 3.63) is 29.8 Å². The number of imide groups is 1. The van der Waals surface area contributed by atoms with Gasteiger partial charge in [0.05, 0.1) is 5.92 Å². The third-order valence-corrected chi connectivity index (χ3v) is 6.01. The summed E-state index contributed by atoms with van der Waals surface area (Å²) in [4.78, 5) is 37.6. The lowest BCUT2D eigenvalue weighted by molar-refractivity contribution is -0.153. The number of ether oxygens (including phenoxy) is 1. The molecule has 1 aromatic rings. The molecular formula is C19H24N4O6S. The van der Waals surface area contributed by atoms with Crippen molar-refractivity contribution in [2.75, 3.05) is 19.7 Å². The molecule has 0 radical (unpaired) electrons. The molecule has 1 atom stereocenters. The molecule has 0 aromatic heterocycles. The number of hydrogen-bond donors (Lipinski definition) is 2. The molecule has 1 saturated heterocycles. The summed E-state index contributed by atoms with van der Waals surface area (Å²) in [5.74, 6) is -1.51. The number of esters is 1. The molecular weight excluding hydrogens is 412 g/mol. The summed E-state index contributed by atoms with van der Waals surface area (Å²) in [6.45, 7) is 3.71. The topological polar surface area (TPSA) is 134 Å². The Morgan fingerprint density at radius 2 is 2.00 bits per heavy atom. The summed E-state index contributed by atoms with van der Waals surface area (Å²) in [5.41, 5.74) is 0.516. The van der Waals surface area contributed by atoms with Gasteiger partial charge < -0.3 is 15.0 Å². The average Bonchev–Trinajstić information content (AvgIpc) is 2.97. The molecule has 0 spiro atoms. The van der Waals surface area contributed by atoms with Crippen LogP contribution in [0.15, 0.2) is 33.6 Å². The zero-order valence-corrected chi connectivity index (χ0v) is 17.6. The number of nitrogens with one attached hydrogen (secondary N) is 2. The highest BCUT2D eigenvalue weighted by molar-refractivity contribution is 7.90. The zero-order valence-electron chi connectivity index (χ0n) is 16.8. The lowest BCUT2D eigenvalue weighted by Crippen LogP contribution is -2.45. The smallest absolute Gasteiger partial charge is 0.321 e. The predicted molar refractivity (Wildman–Crippen MR) is 107 cm³/mol. The number of benzene rings is 1. The van der Waals surface area contributed by atoms with Gasteiger partial charge in [-0.05, 0) is 38.8 Å². The number of hydrogen-bond acceptors (Lipinski definition) is 7. The van der Waals surface area contributed by atoms with Crippen molar-refractivity contribution in [3.63, 3.8) is 0 Å². The molecule has 0 saturated carbocycles. The molecule has 11 heteroatoms. The van der Waals surface area contributed by atoms with Crippen LogP contribution in [0.4, 0.5) is 4.79 Å². The van der Waals surface area contributed by atoms with Crippen LogP contribution in [0.5, 0.6) is 0 Å². The fraction of sp³-hybridized carbons (Fsp3) is 0.474. The number of amidine groups is 1. The van der Waals surface area contributed by atoms with Crippen molar-refractivity contribution >= 4 is 33.8 Å². The number of nitrogens with zero attached hydrogens (tertiary/aromatic N) is 2. The summed E-state index contributed by atoms with van der Waals surface area (Å²) in [5, 5.41) is 4.58. The van der Waals surface area contributed by atoms with Crippen molar-refractivity contribution < 1.29 is 27.5 Å². The molecule has 2 heterocycles. The summed E-state index contributed by atoms with van der Waals surface area (Å²) >= 11 is 0. The summed E-state index contributed by atoms with van der Waals surface area (Å²) < 4.78 is 33.5. The Hall–Kier alpha value is -2.95. The highest BCUT2D eigenvalue weighted by Crippen LogP contribution is 2.29. The van der Waals surface area contributed by atoms with Crippen molar-refractivity contribution in [1.29, 1.82) is 0 Å². The van der Waals surface area contributed by atoms with Crippen LogP contribution in [-0.2, 0) is 24.3 Å². The lowest BCUT2D eigenvalue weighted by Gasteiger charge is -2.32. The van der Waals surface area contributed by atoms with Crippen molar-refractivity contribution in [2.45, 2.75) is 37.6 Å². The number of fused-ring (bicyclic) bond motifs is 1. The molecule has 30 heavy (non-hydrogen) atoms. The fourth-order valence-electron chi connectivity index (χ4n) is 3.39. The first-order chi connectivity index (χ1) is 14.2. The van der Waals surface area contributed by atoms with Gasteiger partial charge in [0.15, 0.2) is 12.4 Å². The van der Waals surface area contributed by atoms with E-state index in [1.807, 2.05) is 0 Å². The van der Waals surface area contributed by atoms with Crippen molar-refractivity contribution in [1.82, 2.24) is 15.5 Å². The van der Waals surface area contributed by atoms with Crippen LogP contribution in [0, 0.1) is 5.92 Å². The maximum Gasteiger partial charge on any atom is 0.321 e. The minimum atomic E-state index is -3.74. The molecule has 1 aromatic carbocycles. The highest BCUT2D eigenvalue weighted by atomic mass is 32.2. The lowest BCUT2D eigenvalue weighted by atomic mass is 9.97. The molecule has 0 unspecified atom stereocenters. The third kappa shape index (κ3) is 4.96. The molecule has 3 rings (SSSR count). The Morgan fingerprint density at radius 1 is 1.27 bits per heavy atom. The van der Waals surface area contributed by atoms with E-state index in [1.165, 1.54) is 6.07 Å². The summed E-state index contributed by atoms with van der Waals surface area (Å²) in [6, 6.07) is 5.77. The number of rotatable bonds is 4. The van der Waals surface area contributed by atoms with Crippen LogP contribution in [-0.4, -0.2) is 62.8 Å². The summed E-state index contributed by atoms with van der Waals surface area (Å²) in [7, 11) is -3.74. The molecule has 0 bridgehead atoms. The number of piperidine rings is 1. The molecule has 10 nitrogen and oxygen atoms in total. The first-order valence-corrected chi connectivity index (χ1v) is 11.1. The van der Waals surface area contributed by atoms with Crippen LogP contribution in [0.1, 0.15) is 32.3 Å². The van der Waals surface area contributed by atoms with Crippen molar-refractivity contribution in [3.8, 4) is 0 Å². The quantitative estimate of drug-likeness (QED) is 0.661. The first-order valence-electron chi connectivity index (χ1n) is 9.63. The van der Waals surface area contributed by atoms with Crippen LogP contribution in [0.3, 0.4) is 0 Å². The largest absolute Gasteiger partial charge is 0.455 e. The van der Waals surface area contributed by atoms with E-state index in [1.54, 1.807) is 36.9 Å². The van der Waals surface area contributed by atoms with Gasteiger partial charge in [0.1, 0.15) is 4.90 Å². The first kappa shape index (κ1) is 21.8. The minimum Gasteiger partial charge on any atom is -0.455 e. The zero-order chi connectivity index (χ0) is 21.9. The molecule has 2 N–H and O–H groups in total. The Morgan fingerprint density at radius 3 is 2.73 bits per heavy atom. The maximum absolute atomic E-state index is 12.4. The highest BCUT2D eigenvalue weighted by Gasteiger charge is 2.35. The van der Waals surface area contributed by atoms with Gasteiger partial charge in [0.25, 0.3) is 15.9 Å².